The third-order valence-electron chi connectivity index (χ3n) is 4.19. The summed E-state index contributed by atoms with van der Waals surface area (Å²) in [5, 5.41) is 1.02. The summed E-state index contributed by atoms with van der Waals surface area (Å²) in [6.07, 6.45) is 0. The van der Waals surface area contributed by atoms with E-state index in [2.05, 4.69) is 4.98 Å². The number of carbonyl (C=O) groups excluding carboxylic acids is 1. The molecule has 1 aliphatic heterocycles. The molecule has 3 aromatic rings. The minimum Gasteiger partial charge on any atom is -0.486 e. The van der Waals surface area contributed by atoms with Gasteiger partial charge in [-0.15, -0.1) is 0 Å². The number of carbonyl (C=O) groups is 1. The standard InChI is InChI=1S/C20H18N2O3/c1-22(13-14-6-9-18-19(12-14)25-11-10-24-18)20(23)17-8-7-15-4-2-3-5-16(15)21-17/h2-9,12H,10-11,13H2,1H3. The predicted octanol–water partition coefficient (Wildman–Crippen LogP) is 3.28. The number of ether oxygens (including phenoxy) is 2. The van der Waals surface area contributed by atoms with Crippen LogP contribution in [0.3, 0.4) is 0 Å². The summed E-state index contributed by atoms with van der Waals surface area (Å²) in [7, 11) is 1.77. The fraction of sp³-hybridized carbons (Fsp3) is 0.200. The number of aromatic nitrogens is 1. The molecule has 1 aromatic heterocycles. The highest BCUT2D eigenvalue weighted by molar-refractivity contribution is 5.94. The van der Waals surface area contributed by atoms with Crippen LogP contribution in [-0.2, 0) is 6.54 Å². The molecule has 1 amide bonds. The van der Waals surface area contributed by atoms with E-state index in [4.69, 9.17) is 9.47 Å². The molecule has 0 atom stereocenters. The zero-order valence-electron chi connectivity index (χ0n) is 13.9. The summed E-state index contributed by atoms with van der Waals surface area (Å²) in [5.41, 5.74) is 2.25. The summed E-state index contributed by atoms with van der Waals surface area (Å²) in [5.74, 6) is 1.37. The lowest BCUT2D eigenvalue weighted by Crippen LogP contribution is -2.27. The molecule has 2 heterocycles. The van der Waals surface area contributed by atoms with Gasteiger partial charge in [-0.25, -0.2) is 4.98 Å². The molecule has 0 radical (unpaired) electrons. The van der Waals surface area contributed by atoms with Gasteiger partial charge >= 0.3 is 0 Å². The van der Waals surface area contributed by atoms with Gasteiger partial charge in [0.2, 0.25) is 0 Å². The van der Waals surface area contributed by atoms with E-state index in [0.29, 0.717) is 25.5 Å². The summed E-state index contributed by atoms with van der Waals surface area (Å²) < 4.78 is 11.1. The highest BCUT2D eigenvalue weighted by atomic mass is 16.6. The van der Waals surface area contributed by atoms with E-state index in [1.807, 2.05) is 48.5 Å². The first-order valence-corrected chi connectivity index (χ1v) is 8.20. The molecule has 0 fully saturated rings. The third-order valence-corrected chi connectivity index (χ3v) is 4.19. The third kappa shape index (κ3) is 3.13. The SMILES string of the molecule is CN(Cc1ccc2c(c1)OCCO2)C(=O)c1ccc2ccccc2n1. The lowest BCUT2D eigenvalue weighted by molar-refractivity contribution is 0.0779. The molecule has 0 bridgehead atoms. The maximum atomic E-state index is 12.7. The number of para-hydroxylation sites is 1. The van der Waals surface area contributed by atoms with E-state index in [1.54, 1.807) is 18.0 Å². The van der Waals surface area contributed by atoms with Crippen LogP contribution in [0.4, 0.5) is 0 Å². The Labute approximate surface area is 145 Å². The van der Waals surface area contributed by atoms with Gasteiger partial charge < -0.3 is 14.4 Å². The van der Waals surface area contributed by atoms with E-state index in [1.165, 1.54) is 0 Å². The monoisotopic (exact) mass is 334 g/mol. The molecule has 25 heavy (non-hydrogen) atoms. The Balaban J connectivity index is 1.53. The van der Waals surface area contributed by atoms with Crippen LogP contribution in [0.25, 0.3) is 10.9 Å². The summed E-state index contributed by atoms with van der Waals surface area (Å²) in [6.45, 7) is 1.59. The smallest absolute Gasteiger partial charge is 0.272 e. The molecule has 0 unspecified atom stereocenters. The fourth-order valence-electron chi connectivity index (χ4n) is 2.91. The van der Waals surface area contributed by atoms with Crippen molar-refractivity contribution in [3.8, 4) is 11.5 Å². The molecule has 0 N–H and O–H groups in total. The Hall–Kier alpha value is -3.08. The first-order valence-electron chi connectivity index (χ1n) is 8.20. The molecule has 4 rings (SSSR count). The Morgan fingerprint density at radius 3 is 2.72 bits per heavy atom. The topological polar surface area (TPSA) is 51.7 Å². The largest absolute Gasteiger partial charge is 0.486 e. The molecule has 5 nitrogen and oxygen atoms in total. The van der Waals surface area contributed by atoms with Gasteiger partial charge in [0.15, 0.2) is 11.5 Å². The highest BCUT2D eigenvalue weighted by Crippen LogP contribution is 2.31. The Morgan fingerprint density at radius 2 is 1.84 bits per heavy atom. The van der Waals surface area contributed by atoms with Gasteiger partial charge in [0.25, 0.3) is 5.91 Å². The molecule has 0 saturated heterocycles. The molecule has 2 aromatic carbocycles. The predicted molar refractivity (Wildman–Crippen MR) is 95.0 cm³/mol. The van der Waals surface area contributed by atoms with Crippen molar-refractivity contribution in [1.29, 1.82) is 0 Å². The fourth-order valence-corrected chi connectivity index (χ4v) is 2.91. The van der Waals surface area contributed by atoms with Gasteiger partial charge in [0, 0.05) is 19.0 Å². The molecular formula is C20H18N2O3. The van der Waals surface area contributed by atoms with E-state index in [0.717, 1.165) is 28.0 Å². The van der Waals surface area contributed by atoms with Crippen molar-refractivity contribution in [1.82, 2.24) is 9.88 Å². The highest BCUT2D eigenvalue weighted by Gasteiger charge is 2.16. The van der Waals surface area contributed by atoms with Crippen molar-refractivity contribution in [2.24, 2.45) is 0 Å². The second-order valence-corrected chi connectivity index (χ2v) is 6.03. The van der Waals surface area contributed by atoms with E-state index in [-0.39, 0.29) is 5.91 Å². The first kappa shape index (κ1) is 15.4. The maximum Gasteiger partial charge on any atom is 0.272 e. The lowest BCUT2D eigenvalue weighted by atomic mass is 10.1. The molecule has 0 spiro atoms. The van der Waals surface area contributed by atoms with Gasteiger partial charge in [0.05, 0.1) is 5.52 Å². The zero-order chi connectivity index (χ0) is 17.2. The normalized spacial score (nSPS) is 12.8. The zero-order valence-corrected chi connectivity index (χ0v) is 13.9. The van der Waals surface area contributed by atoms with Crippen LogP contribution in [0.5, 0.6) is 11.5 Å². The van der Waals surface area contributed by atoms with E-state index < -0.39 is 0 Å². The van der Waals surface area contributed by atoms with Crippen molar-refractivity contribution in [3.05, 3.63) is 65.9 Å². The Bertz CT molecular complexity index is 939. The molecule has 126 valence electrons. The van der Waals surface area contributed by atoms with Gasteiger partial charge in [0.1, 0.15) is 18.9 Å². The number of fused-ring (bicyclic) bond motifs is 2. The molecule has 0 saturated carbocycles. The van der Waals surface area contributed by atoms with Gasteiger partial charge in [-0.05, 0) is 29.8 Å². The second-order valence-electron chi connectivity index (χ2n) is 6.03. The number of hydrogen-bond donors (Lipinski definition) is 0. The number of amides is 1. The Kier molecular flexibility index (Phi) is 3.98. The summed E-state index contributed by atoms with van der Waals surface area (Å²) >= 11 is 0. The van der Waals surface area contributed by atoms with Crippen molar-refractivity contribution in [3.63, 3.8) is 0 Å². The summed E-state index contributed by atoms with van der Waals surface area (Å²) in [6, 6.07) is 17.2. The first-order chi connectivity index (χ1) is 12.2. The van der Waals surface area contributed by atoms with E-state index in [9.17, 15) is 4.79 Å². The van der Waals surface area contributed by atoms with Crippen LogP contribution in [0.2, 0.25) is 0 Å². The van der Waals surface area contributed by atoms with E-state index >= 15 is 0 Å². The molecule has 5 heteroatoms. The van der Waals surface area contributed by atoms with Crippen molar-refractivity contribution in [2.45, 2.75) is 6.54 Å². The van der Waals surface area contributed by atoms with Crippen LogP contribution < -0.4 is 9.47 Å². The van der Waals surface area contributed by atoms with Crippen molar-refractivity contribution < 1.29 is 14.3 Å². The van der Waals surface area contributed by atoms with Gasteiger partial charge in [-0.3, -0.25) is 4.79 Å². The summed E-state index contributed by atoms with van der Waals surface area (Å²) in [4.78, 5) is 18.8. The van der Waals surface area contributed by atoms with Crippen molar-refractivity contribution >= 4 is 16.8 Å². The minimum atomic E-state index is -0.111. The van der Waals surface area contributed by atoms with Crippen LogP contribution in [0.15, 0.2) is 54.6 Å². The average molecular weight is 334 g/mol. The van der Waals surface area contributed by atoms with Gasteiger partial charge in [-0.1, -0.05) is 30.3 Å². The lowest BCUT2D eigenvalue weighted by Gasteiger charge is -2.21. The van der Waals surface area contributed by atoms with Crippen LogP contribution in [0, 0.1) is 0 Å². The molecular weight excluding hydrogens is 316 g/mol. The second kappa shape index (κ2) is 6.43. The van der Waals surface area contributed by atoms with Crippen LogP contribution >= 0.6 is 0 Å². The maximum absolute atomic E-state index is 12.7. The van der Waals surface area contributed by atoms with Crippen molar-refractivity contribution in [2.75, 3.05) is 20.3 Å². The number of hydrogen-bond acceptors (Lipinski definition) is 4. The molecule has 1 aliphatic rings. The van der Waals surface area contributed by atoms with Crippen LogP contribution in [0.1, 0.15) is 16.1 Å². The number of pyridine rings is 1. The minimum absolute atomic E-state index is 0.111. The number of rotatable bonds is 3. The average Bonchev–Trinajstić information content (AvgIpc) is 2.67. The molecule has 0 aliphatic carbocycles. The quantitative estimate of drug-likeness (QED) is 0.738. The number of nitrogens with zero attached hydrogens (tertiary/aromatic N) is 2. The Morgan fingerprint density at radius 1 is 1.04 bits per heavy atom. The van der Waals surface area contributed by atoms with Crippen LogP contribution in [-0.4, -0.2) is 36.1 Å². The number of benzene rings is 2. The van der Waals surface area contributed by atoms with Gasteiger partial charge in [-0.2, -0.15) is 0 Å².